The number of hydrogen-bond acceptors (Lipinski definition) is 3. The second kappa shape index (κ2) is 5.76. The molecule has 0 saturated carbocycles. The second-order valence-corrected chi connectivity index (χ2v) is 6.22. The van der Waals surface area contributed by atoms with Gasteiger partial charge in [-0.25, -0.2) is 0 Å². The highest BCUT2D eigenvalue weighted by Crippen LogP contribution is 2.31. The van der Waals surface area contributed by atoms with Crippen LogP contribution in [0.2, 0.25) is 0 Å². The summed E-state index contributed by atoms with van der Waals surface area (Å²) in [5, 5.41) is 0. The van der Waals surface area contributed by atoms with Crippen molar-refractivity contribution >= 4 is 15.9 Å². The van der Waals surface area contributed by atoms with E-state index in [2.05, 4.69) is 26.9 Å². The molecule has 18 heavy (non-hydrogen) atoms. The molecule has 3 heterocycles. The van der Waals surface area contributed by atoms with Crippen molar-refractivity contribution in [1.82, 2.24) is 4.90 Å². The van der Waals surface area contributed by atoms with E-state index in [9.17, 15) is 0 Å². The zero-order valence-corrected chi connectivity index (χ0v) is 12.2. The molecule has 100 valence electrons. The van der Waals surface area contributed by atoms with E-state index in [1.807, 2.05) is 6.07 Å². The lowest BCUT2D eigenvalue weighted by Gasteiger charge is -2.27. The van der Waals surface area contributed by atoms with Gasteiger partial charge in [0.2, 0.25) is 0 Å². The van der Waals surface area contributed by atoms with Crippen LogP contribution in [-0.4, -0.2) is 31.2 Å². The Bertz CT molecular complexity index is 387. The van der Waals surface area contributed by atoms with Crippen LogP contribution in [0.1, 0.15) is 25.0 Å². The Hall–Kier alpha value is -0.320. The van der Waals surface area contributed by atoms with E-state index < -0.39 is 0 Å². The van der Waals surface area contributed by atoms with Crippen LogP contribution in [0.15, 0.2) is 21.2 Å². The molecule has 1 unspecified atom stereocenters. The lowest BCUT2D eigenvalue weighted by molar-refractivity contribution is 0.0476. The van der Waals surface area contributed by atoms with Crippen LogP contribution in [0.4, 0.5) is 0 Å². The number of furan rings is 1. The highest BCUT2D eigenvalue weighted by molar-refractivity contribution is 9.10. The molecule has 1 aromatic heterocycles. The minimum atomic E-state index is 0.831. The molecule has 0 N–H and O–H groups in total. The van der Waals surface area contributed by atoms with E-state index in [4.69, 9.17) is 9.15 Å². The van der Waals surface area contributed by atoms with Crippen molar-refractivity contribution in [1.29, 1.82) is 0 Å². The molecule has 2 aliphatic heterocycles. The molecule has 0 radical (unpaired) electrons. The zero-order chi connectivity index (χ0) is 12.4. The molecule has 2 aliphatic rings. The Morgan fingerprint density at radius 2 is 2.00 bits per heavy atom. The van der Waals surface area contributed by atoms with Crippen LogP contribution in [0.3, 0.4) is 0 Å². The van der Waals surface area contributed by atoms with Crippen molar-refractivity contribution in [2.45, 2.75) is 25.8 Å². The second-order valence-electron chi connectivity index (χ2n) is 5.44. The topological polar surface area (TPSA) is 25.6 Å². The third-order valence-corrected chi connectivity index (χ3v) is 4.68. The fourth-order valence-electron chi connectivity index (χ4n) is 3.24. The van der Waals surface area contributed by atoms with Gasteiger partial charge >= 0.3 is 0 Å². The predicted octanol–water partition coefficient (Wildman–Crippen LogP) is 3.29. The maximum atomic E-state index is 5.58. The quantitative estimate of drug-likeness (QED) is 0.856. The van der Waals surface area contributed by atoms with E-state index in [-0.39, 0.29) is 0 Å². The normalized spacial score (nSPS) is 26.8. The van der Waals surface area contributed by atoms with Gasteiger partial charge in [-0.3, -0.25) is 4.90 Å². The molecule has 4 heteroatoms. The van der Waals surface area contributed by atoms with Gasteiger partial charge in [0.1, 0.15) is 5.76 Å². The van der Waals surface area contributed by atoms with Gasteiger partial charge in [0, 0.05) is 19.8 Å². The van der Waals surface area contributed by atoms with Gasteiger partial charge in [0.15, 0.2) is 4.67 Å². The van der Waals surface area contributed by atoms with Crippen LogP contribution >= 0.6 is 15.9 Å². The summed E-state index contributed by atoms with van der Waals surface area (Å²) in [7, 11) is 0. The zero-order valence-electron chi connectivity index (χ0n) is 10.6. The SMILES string of the molecule is Brc1ccc(CN2CCC(C3CCOCC3)C2)o1. The van der Waals surface area contributed by atoms with Gasteiger partial charge in [-0.05, 0) is 65.7 Å². The van der Waals surface area contributed by atoms with Crippen molar-refractivity contribution in [3.05, 3.63) is 22.6 Å². The summed E-state index contributed by atoms with van der Waals surface area (Å²) in [5.41, 5.74) is 0. The van der Waals surface area contributed by atoms with E-state index in [1.54, 1.807) is 0 Å². The van der Waals surface area contributed by atoms with Crippen molar-refractivity contribution in [2.24, 2.45) is 11.8 Å². The summed E-state index contributed by atoms with van der Waals surface area (Å²) in [6.45, 7) is 5.31. The summed E-state index contributed by atoms with van der Waals surface area (Å²) >= 11 is 3.36. The van der Waals surface area contributed by atoms with E-state index >= 15 is 0 Å². The molecular formula is C14H20BrNO2. The van der Waals surface area contributed by atoms with Gasteiger partial charge < -0.3 is 9.15 Å². The highest BCUT2D eigenvalue weighted by Gasteiger charge is 2.30. The third-order valence-electron chi connectivity index (χ3n) is 4.25. The maximum absolute atomic E-state index is 5.58. The third kappa shape index (κ3) is 2.98. The van der Waals surface area contributed by atoms with Crippen LogP contribution in [0, 0.1) is 11.8 Å². The molecule has 0 spiro atoms. The first-order valence-electron chi connectivity index (χ1n) is 6.85. The standard InChI is InChI=1S/C14H20BrNO2/c15-14-2-1-13(18-14)10-16-6-3-12(9-16)11-4-7-17-8-5-11/h1-2,11-12H,3-10H2. The Labute approximate surface area is 117 Å². The molecule has 3 nitrogen and oxygen atoms in total. The van der Waals surface area contributed by atoms with Gasteiger partial charge in [0.05, 0.1) is 6.54 Å². The molecular weight excluding hydrogens is 294 g/mol. The summed E-state index contributed by atoms with van der Waals surface area (Å²) in [5.74, 6) is 2.81. The summed E-state index contributed by atoms with van der Waals surface area (Å²) < 4.78 is 11.9. The lowest BCUT2D eigenvalue weighted by Crippen LogP contribution is -2.26. The first-order valence-corrected chi connectivity index (χ1v) is 7.65. The van der Waals surface area contributed by atoms with Crippen molar-refractivity contribution in [3.8, 4) is 0 Å². The van der Waals surface area contributed by atoms with Crippen molar-refractivity contribution in [2.75, 3.05) is 26.3 Å². The Kier molecular flexibility index (Phi) is 4.07. The van der Waals surface area contributed by atoms with Gasteiger partial charge in [-0.15, -0.1) is 0 Å². The number of hydrogen-bond donors (Lipinski definition) is 0. The van der Waals surface area contributed by atoms with Crippen LogP contribution in [0.5, 0.6) is 0 Å². The number of likely N-dealkylation sites (tertiary alicyclic amines) is 1. The average Bonchev–Trinajstić information content (AvgIpc) is 3.01. The Morgan fingerprint density at radius 3 is 2.72 bits per heavy atom. The Morgan fingerprint density at radius 1 is 1.17 bits per heavy atom. The number of halogens is 1. The van der Waals surface area contributed by atoms with Gasteiger partial charge in [-0.1, -0.05) is 0 Å². The first-order chi connectivity index (χ1) is 8.81. The van der Waals surface area contributed by atoms with Gasteiger partial charge in [-0.2, -0.15) is 0 Å². The minimum Gasteiger partial charge on any atom is -0.453 e. The molecule has 0 amide bonds. The summed E-state index contributed by atoms with van der Waals surface area (Å²) in [6.07, 6.45) is 3.85. The summed E-state index contributed by atoms with van der Waals surface area (Å²) in [6, 6.07) is 4.03. The van der Waals surface area contributed by atoms with Gasteiger partial charge in [0.25, 0.3) is 0 Å². The maximum Gasteiger partial charge on any atom is 0.169 e. The smallest absolute Gasteiger partial charge is 0.169 e. The van der Waals surface area contributed by atoms with Crippen LogP contribution < -0.4 is 0 Å². The van der Waals surface area contributed by atoms with Crippen LogP contribution in [-0.2, 0) is 11.3 Å². The molecule has 2 fully saturated rings. The molecule has 3 rings (SSSR count). The average molecular weight is 314 g/mol. The first kappa shape index (κ1) is 12.7. The molecule has 1 aromatic rings. The molecule has 0 aromatic carbocycles. The number of ether oxygens (including phenoxy) is 1. The van der Waals surface area contributed by atoms with E-state index in [1.165, 1.54) is 32.4 Å². The number of rotatable bonds is 3. The van der Waals surface area contributed by atoms with Crippen molar-refractivity contribution in [3.63, 3.8) is 0 Å². The van der Waals surface area contributed by atoms with Crippen molar-refractivity contribution < 1.29 is 9.15 Å². The molecule has 1 atom stereocenters. The molecule has 0 bridgehead atoms. The fourth-order valence-corrected chi connectivity index (χ4v) is 3.58. The van der Waals surface area contributed by atoms with E-state index in [0.717, 1.165) is 42.0 Å². The monoisotopic (exact) mass is 313 g/mol. The van der Waals surface area contributed by atoms with E-state index in [0.29, 0.717) is 0 Å². The minimum absolute atomic E-state index is 0.831. The molecule has 2 saturated heterocycles. The fraction of sp³-hybridized carbons (Fsp3) is 0.714. The van der Waals surface area contributed by atoms with Crippen LogP contribution in [0.25, 0.3) is 0 Å². The summed E-state index contributed by atoms with van der Waals surface area (Å²) in [4.78, 5) is 2.52. The highest BCUT2D eigenvalue weighted by atomic mass is 79.9. The Balaban J connectivity index is 1.51. The molecule has 0 aliphatic carbocycles. The predicted molar refractivity (Wildman–Crippen MR) is 73.3 cm³/mol. The number of nitrogens with zero attached hydrogens (tertiary/aromatic N) is 1. The lowest BCUT2D eigenvalue weighted by atomic mass is 9.85. The largest absolute Gasteiger partial charge is 0.453 e.